The van der Waals surface area contributed by atoms with Crippen molar-refractivity contribution in [3.63, 3.8) is 0 Å². The zero-order chi connectivity index (χ0) is 19.9. The molecule has 0 bridgehead atoms. The van der Waals surface area contributed by atoms with Crippen molar-refractivity contribution >= 4 is 33.8 Å². The third kappa shape index (κ3) is 5.31. The predicted molar refractivity (Wildman–Crippen MR) is 121 cm³/mol. The topological polar surface area (TPSA) is 59.3 Å². The fourth-order valence-corrected chi connectivity index (χ4v) is 5.15. The van der Waals surface area contributed by atoms with Crippen LogP contribution in [-0.4, -0.2) is 32.4 Å². The van der Waals surface area contributed by atoms with E-state index < -0.39 is 0 Å². The molecular weight excluding hydrogens is 400 g/mol. The molecule has 2 aromatic carbocycles. The van der Waals surface area contributed by atoms with Crippen molar-refractivity contribution in [2.24, 2.45) is 4.99 Å². The zero-order valence-corrected chi connectivity index (χ0v) is 17.6. The second-order valence-electron chi connectivity index (χ2n) is 6.60. The first-order valence-electron chi connectivity index (χ1n) is 9.50. The fourth-order valence-electron chi connectivity index (χ4n) is 3.13. The Morgan fingerprint density at radius 3 is 2.62 bits per heavy atom. The van der Waals surface area contributed by atoms with E-state index in [1.165, 1.54) is 0 Å². The number of nitrogens with zero attached hydrogens (tertiary/aromatic N) is 3. The molecule has 3 aromatic rings. The summed E-state index contributed by atoms with van der Waals surface area (Å²) in [7, 11) is 0. The maximum atomic E-state index is 12.9. The van der Waals surface area contributed by atoms with Gasteiger partial charge in [0.2, 0.25) is 0 Å². The van der Waals surface area contributed by atoms with Gasteiger partial charge in [-0.25, -0.2) is 0 Å². The summed E-state index contributed by atoms with van der Waals surface area (Å²) in [5, 5.41) is 7.37. The van der Waals surface area contributed by atoms with Crippen LogP contribution in [0.1, 0.15) is 27.0 Å². The van der Waals surface area contributed by atoms with Crippen LogP contribution in [0.2, 0.25) is 0 Å². The number of carbonyl (C=O) groups is 1. The summed E-state index contributed by atoms with van der Waals surface area (Å²) < 4.78 is 3.00. The van der Waals surface area contributed by atoms with Gasteiger partial charge in [-0.1, -0.05) is 66.0 Å². The average molecular weight is 423 g/mol. The molecule has 1 N–H and O–H groups in total. The number of hydrogen-bond acceptors (Lipinski definition) is 5. The number of aromatic nitrogens is 2. The summed E-state index contributed by atoms with van der Waals surface area (Å²) >= 11 is 3.50. The van der Waals surface area contributed by atoms with Crippen LogP contribution in [0.4, 0.5) is 0 Å². The number of thioether (sulfide) groups is 2. The summed E-state index contributed by atoms with van der Waals surface area (Å²) in [5.41, 5.74) is 4.01. The highest BCUT2D eigenvalue weighted by molar-refractivity contribution is 8.38. The van der Waals surface area contributed by atoms with Crippen LogP contribution in [0, 0.1) is 0 Å². The molecule has 0 aliphatic carbocycles. The van der Waals surface area contributed by atoms with Gasteiger partial charge in [-0.3, -0.25) is 14.5 Å². The summed E-state index contributed by atoms with van der Waals surface area (Å²) in [6.07, 6.45) is 3.71. The summed E-state index contributed by atoms with van der Waals surface area (Å²) in [5.74, 6) is 1.77. The van der Waals surface area contributed by atoms with Gasteiger partial charge in [-0.2, -0.15) is 5.10 Å². The van der Waals surface area contributed by atoms with E-state index in [-0.39, 0.29) is 5.91 Å². The van der Waals surface area contributed by atoms with E-state index in [0.717, 1.165) is 44.7 Å². The first-order chi connectivity index (χ1) is 14.3. The lowest BCUT2D eigenvalue weighted by Crippen LogP contribution is -2.24. The van der Waals surface area contributed by atoms with E-state index >= 15 is 0 Å². The highest BCUT2D eigenvalue weighted by Gasteiger charge is 2.14. The summed E-state index contributed by atoms with van der Waals surface area (Å²) in [4.78, 5) is 17.4. The Bertz CT molecular complexity index is 1000. The summed E-state index contributed by atoms with van der Waals surface area (Å²) in [6, 6.07) is 17.9. The number of carbonyl (C=O) groups excluding carboxylic acids is 1. The van der Waals surface area contributed by atoms with E-state index in [9.17, 15) is 4.79 Å². The van der Waals surface area contributed by atoms with Gasteiger partial charge < -0.3 is 5.32 Å². The molecule has 148 valence electrons. The molecule has 29 heavy (non-hydrogen) atoms. The maximum absolute atomic E-state index is 12.9. The molecule has 1 amide bonds. The van der Waals surface area contributed by atoms with Crippen LogP contribution in [0.3, 0.4) is 0 Å². The second-order valence-corrected chi connectivity index (χ2v) is 8.90. The van der Waals surface area contributed by atoms with E-state index in [1.807, 2.05) is 53.3 Å². The minimum Gasteiger partial charge on any atom is -0.348 e. The van der Waals surface area contributed by atoms with Crippen molar-refractivity contribution in [2.75, 3.05) is 12.3 Å². The van der Waals surface area contributed by atoms with Gasteiger partial charge in [0.25, 0.3) is 5.91 Å². The number of rotatable bonds is 7. The van der Waals surface area contributed by atoms with E-state index in [4.69, 9.17) is 0 Å². The summed E-state index contributed by atoms with van der Waals surface area (Å²) in [6.45, 7) is 2.07. The van der Waals surface area contributed by atoms with E-state index in [1.54, 1.807) is 29.7 Å². The van der Waals surface area contributed by atoms with Gasteiger partial charge in [0.15, 0.2) is 0 Å². The Labute approximate surface area is 179 Å². The highest BCUT2D eigenvalue weighted by atomic mass is 32.2. The molecule has 0 saturated heterocycles. The predicted octanol–water partition coefficient (Wildman–Crippen LogP) is 4.20. The van der Waals surface area contributed by atoms with E-state index in [2.05, 4.69) is 27.5 Å². The Kier molecular flexibility index (Phi) is 6.69. The molecule has 5 nitrogen and oxygen atoms in total. The van der Waals surface area contributed by atoms with Crippen molar-refractivity contribution in [3.05, 3.63) is 89.2 Å². The van der Waals surface area contributed by atoms with Gasteiger partial charge in [-0.05, 0) is 28.8 Å². The largest absolute Gasteiger partial charge is 0.348 e. The van der Waals surface area contributed by atoms with Gasteiger partial charge in [0, 0.05) is 36.0 Å². The molecule has 4 rings (SSSR count). The zero-order valence-electron chi connectivity index (χ0n) is 16.0. The number of aliphatic imine (C=N–C) groups is 1. The van der Waals surface area contributed by atoms with Gasteiger partial charge in [-0.15, -0.1) is 0 Å². The van der Waals surface area contributed by atoms with Crippen LogP contribution in [0.15, 0.2) is 72.0 Å². The van der Waals surface area contributed by atoms with Crippen molar-refractivity contribution < 1.29 is 4.79 Å². The highest BCUT2D eigenvalue weighted by Crippen LogP contribution is 2.26. The van der Waals surface area contributed by atoms with Crippen LogP contribution in [0.25, 0.3) is 0 Å². The number of nitrogens with one attached hydrogen (secondary N) is 1. The quantitative estimate of drug-likeness (QED) is 0.620. The maximum Gasteiger partial charge on any atom is 0.251 e. The fraction of sp³-hybridized carbons (Fsp3) is 0.227. The lowest BCUT2D eigenvalue weighted by atomic mass is 10.1. The molecule has 7 heteroatoms. The van der Waals surface area contributed by atoms with Crippen molar-refractivity contribution in [1.82, 2.24) is 15.1 Å². The smallest absolute Gasteiger partial charge is 0.251 e. The third-order valence-electron chi connectivity index (χ3n) is 4.62. The standard InChI is InChI=1S/C22H22N4OS2/c27-21(20-9-4-3-8-19(20)16-29-22-23-11-13-28-22)24-14-17-6-1-2-7-18(17)15-26-12-5-10-25-26/h1-10,12H,11,13-16H2,(H,24,27). The monoisotopic (exact) mass is 422 g/mol. The average Bonchev–Trinajstić information content (AvgIpc) is 3.46. The second kappa shape index (κ2) is 9.80. The van der Waals surface area contributed by atoms with Crippen molar-refractivity contribution in [3.8, 4) is 0 Å². The first-order valence-corrected chi connectivity index (χ1v) is 11.5. The van der Waals surface area contributed by atoms with Crippen LogP contribution in [0.5, 0.6) is 0 Å². The molecule has 2 heterocycles. The Morgan fingerprint density at radius 1 is 1.07 bits per heavy atom. The molecule has 0 atom stereocenters. The van der Waals surface area contributed by atoms with Crippen molar-refractivity contribution in [2.45, 2.75) is 18.8 Å². The molecule has 0 fully saturated rings. The lowest BCUT2D eigenvalue weighted by Gasteiger charge is -2.13. The van der Waals surface area contributed by atoms with Crippen LogP contribution in [-0.2, 0) is 18.8 Å². The minimum absolute atomic E-state index is 0.0453. The molecule has 0 radical (unpaired) electrons. The molecule has 0 saturated carbocycles. The minimum atomic E-state index is -0.0453. The number of amides is 1. The molecule has 1 aromatic heterocycles. The van der Waals surface area contributed by atoms with Gasteiger partial charge in [0.05, 0.1) is 13.1 Å². The number of hydrogen-bond donors (Lipinski definition) is 1. The normalized spacial score (nSPS) is 13.3. The Morgan fingerprint density at radius 2 is 1.86 bits per heavy atom. The van der Waals surface area contributed by atoms with Crippen LogP contribution < -0.4 is 5.32 Å². The lowest BCUT2D eigenvalue weighted by molar-refractivity contribution is 0.0950. The van der Waals surface area contributed by atoms with Crippen LogP contribution >= 0.6 is 23.5 Å². The van der Waals surface area contributed by atoms with Gasteiger partial charge in [0.1, 0.15) is 4.38 Å². The van der Waals surface area contributed by atoms with Gasteiger partial charge >= 0.3 is 0 Å². The molecule has 1 aliphatic rings. The third-order valence-corrected chi connectivity index (χ3v) is 6.92. The molecule has 0 unspecified atom stereocenters. The molecule has 0 spiro atoms. The van der Waals surface area contributed by atoms with Crippen molar-refractivity contribution in [1.29, 1.82) is 0 Å². The Balaban J connectivity index is 1.41. The van der Waals surface area contributed by atoms with E-state index in [0.29, 0.717) is 13.1 Å². The molecule has 1 aliphatic heterocycles. The first kappa shape index (κ1) is 19.8. The Hall–Kier alpha value is -2.51. The SMILES string of the molecule is O=C(NCc1ccccc1Cn1cccn1)c1ccccc1CSC1=NCCS1. The molecular formula is C22H22N4OS2. The number of benzene rings is 2.